The number of nitrogens with zero attached hydrogens (tertiary/aromatic N) is 2. The van der Waals surface area contributed by atoms with Crippen LogP contribution in [-0.4, -0.2) is 21.3 Å². The predicted molar refractivity (Wildman–Crippen MR) is 34.2 cm³/mol. The summed E-state index contributed by atoms with van der Waals surface area (Å²) in [6.45, 7) is -1.20. The fourth-order valence-corrected chi connectivity index (χ4v) is 0.683. The van der Waals surface area contributed by atoms with Crippen molar-refractivity contribution in [1.82, 2.24) is 9.55 Å². The van der Waals surface area contributed by atoms with Gasteiger partial charge in [-0.3, -0.25) is 0 Å². The van der Waals surface area contributed by atoms with Crippen LogP contribution in [0.2, 0.25) is 0 Å². The molecule has 0 saturated carbocycles. The van der Waals surface area contributed by atoms with E-state index >= 15 is 0 Å². The van der Waals surface area contributed by atoms with Gasteiger partial charge in [0, 0.05) is 13.2 Å². The number of aliphatic hydroxyl groups excluding tert-OH is 1. The average molecular weight is 162 g/mol. The van der Waals surface area contributed by atoms with Crippen molar-refractivity contribution in [3.05, 3.63) is 18.2 Å². The van der Waals surface area contributed by atoms with Crippen molar-refractivity contribution in [2.75, 3.05) is 6.61 Å². The standard InChI is InChI=1S/C6H8F2N2O/c1-10-2-5(9-4-10)6(7,8)3-11/h2,4,11H,3H2,1H3. The molecule has 0 aliphatic rings. The lowest BCUT2D eigenvalue weighted by Gasteiger charge is -2.08. The third-order valence-electron chi connectivity index (χ3n) is 1.28. The molecular formula is C6H8F2N2O. The molecule has 0 spiro atoms. The fraction of sp³-hybridized carbons (Fsp3) is 0.500. The number of hydrogen-bond acceptors (Lipinski definition) is 2. The summed E-state index contributed by atoms with van der Waals surface area (Å²) >= 11 is 0. The minimum absolute atomic E-state index is 0.400. The summed E-state index contributed by atoms with van der Waals surface area (Å²) in [7, 11) is 1.59. The van der Waals surface area contributed by atoms with Crippen LogP contribution in [0.15, 0.2) is 12.5 Å². The van der Waals surface area contributed by atoms with Gasteiger partial charge < -0.3 is 9.67 Å². The summed E-state index contributed by atoms with van der Waals surface area (Å²) in [6.07, 6.45) is 2.44. The van der Waals surface area contributed by atoms with Gasteiger partial charge in [-0.25, -0.2) is 4.98 Å². The van der Waals surface area contributed by atoms with Gasteiger partial charge in [-0.05, 0) is 0 Å². The molecule has 0 atom stereocenters. The van der Waals surface area contributed by atoms with Crippen molar-refractivity contribution in [2.45, 2.75) is 5.92 Å². The van der Waals surface area contributed by atoms with Crippen LogP contribution in [0.3, 0.4) is 0 Å². The maximum atomic E-state index is 12.6. The van der Waals surface area contributed by atoms with Gasteiger partial charge in [0.05, 0.1) is 6.33 Å². The van der Waals surface area contributed by atoms with Gasteiger partial charge in [-0.2, -0.15) is 8.78 Å². The largest absolute Gasteiger partial charge is 0.390 e. The van der Waals surface area contributed by atoms with Crippen molar-refractivity contribution in [2.24, 2.45) is 7.05 Å². The second-order valence-electron chi connectivity index (χ2n) is 2.29. The Morgan fingerprint density at radius 1 is 1.73 bits per heavy atom. The molecule has 1 N–H and O–H groups in total. The third-order valence-corrected chi connectivity index (χ3v) is 1.28. The number of alkyl halides is 2. The summed E-state index contributed by atoms with van der Waals surface area (Å²) in [5, 5.41) is 8.26. The Hall–Kier alpha value is -0.970. The summed E-state index contributed by atoms with van der Waals surface area (Å²) in [5.74, 6) is -3.22. The maximum Gasteiger partial charge on any atom is 0.313 e. The molecule has 0 radical (unpaired) electrons. The zero-order valence-electron chi connectivity index (χ0n) is 5.96. The molecular weight excluding hydrogens is 154 g/mol. The van der Waals surface area contributed by atoms with E-state index in [1.807, 2.05) is 0 Å². The van der Waals surface area contributed by atoms with E-state index in [4.69, 9.17) is 5.11 Å². The van der Waals surface area contributed by atoms with Crippen molar-refractivity contribution in [3.63, 3.8) is 0 Å². The quantitative estimate of drug-likeness (QED) is 0.687. The second-order valence-corrected chi connectivity index (χ2v) is 2.29. The normalized spacial score (nSPS) is 12.0. The van der Waals surface area contributed by atoms with E-state index in [1.165, 1.54) is 17.1 Å². The van der Waals surface area contributed by atoms with Gasteiger partial charge in [0.1, 0.15) is 12.3 Å². The number of hydrogen-bond donors (Lipinski definition) is 1. The molecule has 62 valence electrons. The number of halogens is 2. The predicted octanol–water partition coefficient (Wildman–Crippen LogP) is 0.504. The lowest BCUT2D eigenvalue weighted by atomic mass is 10.3. The molecule has 1 aromatic heterocycles. The molecule has 0 fully saturated rings. The van der Waals surface area contributed by atoms with Gasteiger partial charge in [0.2, 0.25) is 0 Å². The van der Waals surface area contributed by atoms with Crippen molar-refractivity contribution in [3.8, 4) is 0 Å². The molecule has 0 aliphatic heterocycles. The van der Waals surface area contributed by atoms with Gasteiger partial charge in [0.25, 0.3) is 0 Å². The molecule has 0 amide bonds. The SMILES string of the molecule is Cn1cnc(C(F)(F)CO)c1. The summed E-state index contributed by atoms with van der Waals surface area (Å²) < 4.78 is 26.5. The Bertz CT molecular complexity index is 246. The van der Waals surface area contributed by atoms with Crippen LogP contribution in [-0.2, 0) is 13.0 Å². The van der Waals surface area contributed by atoms with Gasteiger partial charge in [-0.1, -0.05) is 0 Å². The van der Waals surface area contributed by atoms with E-state index in [0.29, 0.717) is 0 Å². The van der Waals surface area contributed by atoms with Crippen LogP contribution in [0.4, 0.5) is 8.78 Å². The zero-order valence-corrected chi connectivity index (χ0v) is 5.96. The summed E-state index contributed by atoms with van der Waals surface area (Å²) in [4.78, 5) is 3.41. The molecule has 0 aliphatic carbocycles. The smallest absolute Gasteiger partial charge is 0.313 e. The minimum Gasteiger partial charge on any atom is -0.390 e. The van der Waals surface area contributed by atoms with Crippen molar-refractivity contribution >= 4 is 0 Å². The molecule has 0 bridgehead atoms. The first-order valence-electron chi connectivity index (χ1n) is 3.03. The third kappa shape index (κ3) is 1.54. The lowest BCUT2D eigenvalue weighted by molar-refractivity contribution is -0.0589. The van der Waals surface area contributed by atoms with Crippen LogP contribution < -0.4 is 0 Å². The topological polar surface area (TPSA) is 38.0 Å². The number of imidazole rings is 1. The molecule has 1 rings (SSSR count). The van der Waals surface area contributed by atoms with Crippen molar-refractivity contribution < 1.29 is 13.9 Å². The van der Waals surface area contributed by atoms with Crippen LogP contribution in [0, 0.1) is 0 Å². The first-order valence-corrected chi connectivity index (χ1v) is 3.03. The minimum atomic E-state index is -3.22. The Labute approximate surface area is 62.3 Å². The van der Waals surface area contributed by atoms with E-state index in [9.17, 15) is 8.78 Å². The fourth-order valence-electron chi connectivity index (χ4n) is 0.683. The lowest BCUT2D eigenvalue weighted by Crippen LogP contribution is -2.18. The Balaban J connectivity index is 2.92. The monoisotopic (exact) mass is 162 g/mol. The highest BCUT2D eigenvalue weighted by atomic mass is 19.3. The van der Waals surface area contributed by atoms with Gasteiger partial charge >= 0.3 is 5.92 Å². The molecule has 0 unspecified atom stereocenters. The van der Waals surface area contributed by atoms with E-state index in [1.54, 1.807) is 7.05 Å². The van der Waals surface area contributed by atoms with E-state index in [0.717, 1.165) is 0 Å². The summed E-state index contributed by atoms with van der Waals surface area (Å²) in [6, 6.07) is 0. The number of aliphatic hydroxyl groups is 1. The maximum absolute atomic E-state index is 12.6. The molecule has 5 heteroatoms. The van der Waals surface area contributed by atoms with E-state index in [-0.39, 0.29) is 0 Å². The number of aromatic nitrogens is 2. The highest BCUT2D eigenvalue weighted by Gasteiger charge is 2.32. The van der Waals surface area contributed by atoms with E-state index in [2.05, 4.69) is 4.98 Å². The van der Waals surface area contributed by atoms with Gasteiger partial charge in [-0.15, -0.1) is 0 Å². The second kappa shape index (κ2) is 2.58. The molecule has 1 heterocycles. The van der Waals surface area contributed by atoms with Crippen molar-refractivity contribution in [1.29, 1.82) is 0 Å². The van der Waals surface area contributed by atoms with Crippen LogP contribution in [0.5, 0.6) is 0 Å². The number of rotatable bonds is 2. The highest BCUT2D eigenvalue weighted by Crippen LogP contribution is 2.24. The van der Waals surface area contributed by atoms with E-state index < -0.39 is 18.2 Å². The molecule has 3 nitrogen and oxygen atoms in total. The van der Waals surface area contributed by atoms with Crippen LogP contribution in [0.25, 0.3) is 0 Å². The van der Waals surface area contributed by atoms with Crippen LogP contribution >= 0.6 is 0 Å². The molecule has 0 aromatic carbocycles. The molecule has 11 heavy (non-hydrogen) atoms. The zero-order chi connectivity index (χ0) is 8.48. The summed E-state index contributed by atoms with van der Waals surface area (Å²) in [5.41, 5.74) is -0.400. The first-order chi connectivity index (χ1) is 5.06. The molecule has 0 saturated heterocycles. The average Bonchev–Trinajstić information content (AvgIpc) is 2.36. The Morgan fingerprint density at radius 3 is 2.73 bits per heavy atom. The van der Waals surface area contributed by atoms with Gasteiger partial charge in [0.15, 0.2) is 0 Å². The highest BCUT2D eigenvalue weighted by molar-refractivity contribution is 5.04. The molecule has 1 aromatic rings. The first kappa shape index (κ1) is 8.13. The van der Waals surface area contributed by atoms with Crippen LogP contribution in [0.1, 0.15) is 5.69 Å². The Morgan fingerprint density at radius 2 is 2.36 bits per heavy atom. The Kier molecular flexibility index (Phi) is 1.90. The number of aryl methyl sites for hydroxylation is 1.